The third-order valence-electron chi connectivity index (χ3n) is 2.12. The molecule has 3 N–H and O–H groups in total. The second-order valence-electron chi connectivity index (χ2n) is 3.09. The van der Waals surface area contributed by atoms with Gasteiger partial charge in [0.2, 0.25) is 0 Å². The topological polar surface area (TPSA) is 63.3 Å². The van der Waals surface area contributed by atoms with Gasteiger partial charge in [0.15, 0.2) is 0 Å². The third-order valence-corrected chi connectivity index (χ3v) is 4.89. The summed E-state index contributed by atoms with van der Waals surface area (Å²) >= 11 is 4.92. The van der Waals surface area contributed by atoms with Crippen molar-refractivity contribution in [3.05, 3.63) is 19.8 Å². The van der Waals surface area contributed by atoms with E-state index in [2.05, 4.69) is 15.9 Å². The number of aryl methyl sites for hydroxylation is 1. The average molecular weight is 278 g/mol. The lowest BCUT2D eigenvalue weighted by atomic mass is 10.1. The van der Waals surface area contributed by atoms with Crippen LogP contribution in [0.1, 0.15) is 21.2 Å². The number of rotatable bonds is 3. The Morgan fingerprint density at radius 2 is 2.21 bits per heavy atom. The van der Waals surface area contributed by atoms with E-state index in [-0.39, 0.29) is 6.54 Å². The Balaban J connectivity index is 3.17. The molecule has 0 aromatic carbocycles. The van der Waals surface area contributed by atoms with Gasteiger partial charge in [-0.3, -0.25) is 4.79 Å². The molecule has 3 nitrogen and oxygen atoms in total. The lowest BCUT2D eigenvalue weighted by Crippen LogP contribution is -2.20. The van der Waals surface area contributed by atoms with Crippen molar-refractivity contribution in [2.24, 2.45) is 5.73 Å². The van der Waals surface area contributed by atoms with Gasteiger partial charge in [0.25, 0.3) is 0 Å². The molecule has 1 atom stereocenters. The van der Waals surface area contributed by atoms with Crippen LogP contribution in [0, 0.1) is 13.8 Å². The molecular formula is C9H12BrNO2S. The minimum Gasteiger partial charge on any atom is -0.481 e. The molecule has 0 fully saturated rings. The summed E-state index contributed by atoms with van der Waals surface area (Å²) in [6, 6.07) is 0. The molecule has 0 bridgehead atoms. The van der Waals surface area contributed by atoms with Crippen LogP contribution in [0.3, 0.4) is 0 Å². The van der Waals surface area contributed by atoms with Gasteiger partial charge in [-0.25, -0.2) is 0 Å². The van der Waals surface area contributed by atoms with Gasteiger partial charge in [-0.15, -0.1) is 11.3 Å². The second kappa shape index (κ2) is 4.42. The molecule has 0 aliphatic heterocycles. The van der Waals surface area contributed by atoms with E-state index < -0.39 is 11.9 Å². The van der Waals surface area contributed by atoms with Gasteiger partial charge >= 0.3 is 5.97 Å². The van der Waals surface area contributed by atoms with Gasteiger partial charge in [0.05, 0.1) is 0 Å². The van der Waals surface area contributed by atoms with Crippen molar-refractivity contribution in [1.82, 2.24) is 0 Å². The number of aliphatic carboxylic acids is 1. The zero-order valence-corrected chi connectivity index (χ0v) is 10.4. The predicted molar refractivity (Wildman–Crippen MR) is 60.9 cm³/mol. The van der Waals surface area contributed by atoms with Gasteiger partial charge < -0.3 is 10.8 Å². The highest BCUT2D eigenvalue weighted by Gasteiger charge is 2.23. The van der Waals surface area contributed by atoms with Gasteiger partial charge in [-0.1, -0.05) is 0 Å². The monoisotopic (exact) mass is 277 g/mol. The van der Waals surface area contributed by atoms with Crippen LogP contribution in [-0.2, 0) is 4.79 Å². The van der Waals surface area contributed by atoms with Crippen molar-refractivity contribution >= 4 is 33.2 Å². The largest absolute Gasteiger partial charge is 0.481 e. The maximum atomic E-state index is 10.9. The van der Waals surface area contributed by atoms with Crippen LogP contribution >= 0.6 is 27.3 Å². The number of carboxylic acids is 1. The summed E-state index contributed by atoms with van der Waals surface area (Å²) in [5.41, 5.74) is 6.44. The molecule has 0 saturated carbocycles. The average Bonchev–Trinajstić information content (AvgIpc) is 2.35. The van der Waals surface area contributed by atoms with Crippen LogP contribution in [-0.4, -0.2) is 17.6 Å². The minimum absolute atomic E-state index is 0.141. The summed E-state index contributed by atoms with van der Waals surface area (Å²) in [6.07, 6.45) is 0. The minimum atomic E-state index is -0.857. The first-order chi connectivity index (χ1) is 6.49. The number of thiophene rings is 1. The van der Waals surface area contributed by atoms with Crippen molar-refractivity contribution in [1.29, 1.82) is 0 Å². The zero-order chi connectivity index (χ0) is 10.9. The molecule has 0 aliphatic rings. The predicted octanol–water partition coefficient (Wildman–Crippen LogP) is 2.25. The molecular weight excluding hydrogens is 266 g/mol. The Morgan fingerprint density at radius 1 is 1.64 bits per heavy atom. The van der Waals surface area contributed by atoms with Crippen LogP contribution in [0.4, 0.5) is 0 Å². The molecule has 14 heavy (non-hydrogen) atoms. The van der Waals surface area contributed by atoms with Crippen LogP contribution in [0.2, 0.25) is 0 Å². The number of carboxylic acid groups (broad SMARTS) is 1. The molecule has 1 aromatic heterocycles. The molecule has 1 rings (SSSR count). The Morgan fingerprint density at radius 3 is 2.50 bits per heavy atom. The smallest absolute Gasteiger partial charge is 0.313 e. The normalized spacial score (nSPS) is 12.9. The van der Waals surface area contributed by atoms with E-state index in [1.165, 1.54) is 11.3 Å². The van der Waals surface area contributed by atoms with E-state index >= 15 is 0 Å². The highest BCUT2D eigenvalue weighted by molar-refractivity contribution is 9.10. The Bertz CT molecular complexity index is 362. The summed E-state index contributed by atoms with van der Waals surface area (Å²) in [6.45, 7) is 4.01. The summed E-state index contributed by atoms with van der Waals surface area (Å²) in [4.78, 5) is 12.9. The van der Waals surface area contributed by atoms with Gasteiger partial charge in [-0.05, 0) is 35.3 Å². The third kappa shape index (κ3) is 1.99. The highest BCUT2D eigenvalue weighted by Crippen LogP contribution is 2.36. The number of hydrogen-bond acceptors (Lipinski definition) is 3. The van der Waals surface area contributed by atoms with Crippen LogP contribution < -0.4 is 5.73 Å². The molecule has 0 aliphatic carbocycles. The van der Waals surface area contributed by atoms with E-state index in [1.54, 1.807) is 0 Å². The van der Waals surface area contributed by atoms with Crippen molar-refractivity contribution in [3.63, 3.8) is 0 Å². The summed E-state index contributed by atoms with van der Waals surface area (Å²) in [5, 5.41) is 8.96. The summed E-state index contributed by atoms with van der Waals surface area (Å²) in [7, 11) is 0. The number of halogens is 1. The highest BCUT2D eigenvalue weighted by atomic mass is 79.9. The fourth-order valence-corrected chi connectivity index (χ4v) is 3.07. The van der Waals surface area contributed by atoms with Gasteiger partial charge in [0.1, 0.15) is 5.92 Å². The Kier molecular flexibility index (Phi) is 3.69. The molecule has 78 valence electrons. The lowest BCUT2D eigenvalue weighted by molar-refractivity contribution is -0.138. The Hall–Kier alpha value is -0.390. The fourth-order valence-electron chi connectivity index (χ4n) is 1.31. The first-order valence-electron chi connectivity index (χ1n) is 4.17. The first-order valence-corrected chi connectivity index (χ1v) is 5.78. The van der Waals surface area contributed by atoms with Crippen LogP contribution in [0.15, 0.2) is 4.47 Å². The SMILES string of the molecule is Cc1sc(C(CN)C(=O)O)c(C)c1Br. The van der Waals surface area contributed by atoms with Crippen LogP contribution in [0.5, 0.6) is 0 Å². The second-order valence-corrected chi connectivity index (χ2v) is 5.14. The molecule has 1 aromatic rings. The zero-order valence-electron chi connectivity index (χ0n) is 8.00. The van der Waals surface area contributed by atoms with Crippen molar-refractivity contribution in [3.8, 4) is 0 Å². The maximum Gasteiger partial charge on any atom is 0.313 e. The van der Waals surface area contributed by atoms with Crippen molar-refractivity contribution < 1.29 is 9.90 Å². The molecule has 0 amide bonds. The Labute approximate surface area is 95.1 Å². The molecule has 0 radical (unpaired) electrons. The van der Waals surface area contributed by atoms with E-state index in [1.807, 2.05) is 13.8 Å². The van der Waals surface area contributed by atoms with Crippen LogP contribution in [0.25, 0.3) is 0 Å². The number of carbonyl (C=O) groups is 1. The van der Waals surface area contributed by atoms with Gasteiger partial charge in [0, 0.05) is 20.8 Å². The molecule has 0 saturated heterocycles. The van der Waals surface area contributed by atoms with E-state index in [9.17, 15) is 4.79 Å². The molecule has 0 spiro atoms. The summed E-state index contributed by atoms with van der Waals surface area (Å²) < 4.78 is 0.997. The van der Waals surface area contributed by atoms with E-state index in [0.717, 1.165) is 19.8 Å². The lowest BCUT2D eigenvalue weighted by Gasteiger charge is -2.08. The standard InChI is InChI=1S/C9H12BrNO2S/c1-4-7(10)5(2)14-8(4)6(3-11)9(12)13/h6H,3,11H2,1-2H3,(H,12,13). The number of nitrogens with two attached hydrogens (primary N) is 1. The number of hydrogen-bond donors (Lipinski definition) is 2. The fraction of sp³-hybridized carbons (Fsp3) is 0.444. The van der Waals surface area contributed by atoms with E-state index in [4.69, 9.17) is 10.8 Å². The maximum absolute atomic E-state index is 10.9. The van der Waals surface area contributed by atoms with E-state index in [0.29, 0.717) is 0 Å². The molecule has 1 unspecified atom stereocenters. The quantitative estimate of drug-likeness (QED) is 0.891. The summed E-state index contributed by atoms with van der Waals surface area (Å²) in [5.74, 6) is -1.44. The van der Waals surface area contributed by atoms with Crippen molar-refractivity contribution in [2.45, 2.75) is 19.8 Å². The molecule has 1 heterocycles. The van der Waals surface area contributed by atoms with Gasteiger partial charge in [-0.2, -0.15) is 0 Å². The first kappa shape index (κ1) is 11.7. The molecule has 5 heteroatoms. The van der Waals surface area contributed by atoms with Crippen molar-refractivity contribution in [2.75, 3.05) is 6.54 Å².